The van der Waals surface area contributed by atoms with Gasteiger partial charge in [0.2, 0.25) is 0 Å². The van der Waals surface area contributed by atoms with E-state index in [4.69, 9.17) is 4.42 Å². The predicted molar refractivity (Wildman–Crippen MR) is 66.6 cm³/mol. The van der Waals surface area contributed by atoms with Gasteiger partial charge < -0.3 is 4.42 Å². The molecule has 3 rings (SSSR count). The van der Waals surface area contributed by atoms with Gasteiger partial charge in [0.05, 0.1) is 0 Å². The summed E-state index contributed by atoms with van der Waals surface area (Å²) in [5, 5.41) is 0.721. The highest BCUT2D eigenvalue weighted by Gasteiger charge is 2.15. The van der Waals surface area contributed by atoms with Gasteiger partial charge in [-0.15, -0.1) is 0 Å². The van der Waals surface area contributed by atoms with Crippen LogP contribution in [0.4, 0.5) is 8.78 Å². The number of hydrogen-bond donors (Lipinski definition) is 0. The highest BCUT2D eigenvalue weighted by molar-refractivity contribution is 5.94. The fraction of sp³-hybridized carbons (Fsp3) is 0.0667. The Balaban J connectivity index is 2.24. The molecule has 0 amide bonds. The van der Waals surface area contributed by atoms with Crippen LogP contribution in [-0.2, 0) is 0 Å². The zero-order chi connectivity index (χ0) is 12.5. The van der Waals surface area contributed by atoms with E-state index in [0.29, 0.717) is 5.58 Å². The monoisotopic (exact) mass is 244 g/mol. The van der Waals surface area contributed by atoms with Gasteiger partial charge in [0.1, 0.15) is 5.58 Å². The van der Waals surface area contributed by atoms with Crippen molar-refractivity contribution in [1.29, 1.82) is 0 Å². The third-order valence-corrected chi connectivity index (χ3v) is 2.88. The molecular formula is C15H10F2O. The Kier molecular flexibility index (Phi) is 2.59. The summed E-state index contributed by atoms with van der Waals surface area (Å²) in [6.45, 7) is 0. The molecule has 1 heterocycles. The molecule has 0 bridgehead atoms. The molecule has 0 aliphatic carbocycles. The normalized spacial score (nSPS) is 11.3. The van der Waals surface area contributed by atoms with E-state index in [1.54, 1.807) is 6.07 Å². The minimum absolute atomic E-state index is 0.284. The Labute approximate surface area is 103 Å². The molecule has 0 saturated heterocycles. The molecule has 3 aromatic rings. The van der Waals surface area contributed by atoms with Crippen LogP contribution >= 0.6 is 0 Å². The molecule has 3 heteroatoms. The molecule has 0 atom stereocenters. The standard InChI is InChI=1S/C15H10F2O/c16-15(17)14-9-12-11(7-4-8-13(12)18-14)10-5-2-1-3-6-10/h1-9,15H. The van der Waals surface area contributed by atoms with Crippen molar-refractivity contribution in [2.75, 3.05) is 0 Å². The molecule has 90 valence electrons. The van der Waals surface area contributed by atoms with Gasteiger partial charge in [0.25, 0.3) is 6.43 Å². The van der Waals surface area contributed by atoms with Crippen LogP contribution in [0.1, 0.15) is 12.2 Å². The van der Waals surface area contributed by atoms with E-state index >= 15 is 0 Å². The minimum Gasteiger partial charge on any atom is -0.455 e. The molecule has 1 aromatic heterocycles. The molecule has 1 nitrogen and oxygen atoms in total. The second-order valence-electron chi connectivity index (χ2n) is 4.03. The fourth-order valence-corrected chi connectivity index (χ4v) is 2.06. The average Bonchev–Trinajstić information content (AvgIpc) is 2.83. The van der Waals surface area contributed by atoms with Crippen molar-refractivity contribution >= 4 is 11.0 Å². The third-order valence-electron chi connectivity index (χ3n) is 2.88. The second kappa shape index (κ2) is 4.26. The minimum atomic E-state index is -2.58. The van der Waals surface area contributed by atoms with Crippen LogP contribution < -0.4 is 0 Å². The van der Waals surface area contributed by atoms with E-state index < -0.39 is 6.43 Å². The summed E-state index contributed by atoms with van der Waals surface area (Å²) in [5.41, 5.74) is 2.39. The Morgan fingerprint density at radius 1 is 0.889 bits per heavy atom. The van der Waals surface area contributed by atoms with Crippen LogP contribution in [0.15, 0.2) is 59.0 Å². The molecule has 0 spiro atoms. The molecule has 0 aliphatic rings. The lowest BCUT2D eigenvalue weighted by molar-refractivity contribution is 0.124. The van der Waals surface area contributed by atoms with Crippen molar-refractivity contribution in [3.63, 3.8) is 0 Å². The molecule has 0 radical (unpaired) electrons. The highest BCUT2D eigenvalue weighted by Crippen LogP contribution is 2.33. The lowest BCUT2D eigenvalue weighted by Gasteiger charge is -2.01. The average molecular weight is 244 g/mol. The number of rotatable bonds is 2. The lowest BCUT2D eigenvalue weighted by atomic mass is 10.0. The zero-order valence-corrected chi connectivity index (χ0v) is 9.44. The second-order valence-corrected chi connectivity index (χ2v) is 4.03. The molecule has 0 aliphatic heterocycles. The van der Waals surface area contributed by atoms with Crippen molar-refractivity contribution in [3.8, 4) is 11.1 Å². The van der Waals surface area contributed by atoms with Crippen molar-refractivity contribution in [2.45, 2.75) is 6.43 Å². The molecule has 0 N–H and O–H groups in total. The van der Waals surface area contributed by atoms with Crippen molar-refractivity contribution < 1.29 is 13.2 Å². The van der Waals surface area contributed by atoms with Gasteiger partial charge in [0.15, 0.2) is 5.76 Å². The molecule has 0 unspecified atom stereocenters. The quantitative estimate of drug-likeness (QED) is 0.615. The highest BCUT2D eigenvalue weighted by atomic mass is 19.3. The van der Waals surface area contributed by atoms with Gasteiger partial charge in [-0.2, -0.15) is 0 Å². The number of halogens is 2. The van der Waals surface area contributed by atoms with E-state index in [-0.39, 0.29) is 5.76 Å². The summed E-state index contributed by atoms with van der Waals surface area (Å²) in [6.07, 6.45) is -2.58. The third kappa shape index (κ3) is 1.78. The Morgan fingerprint density at radius 3 is 2.39 bits per heavy atom. The molecule has 0 fully saturated rings. The molecule has 18 heavy (non-hydrogen) atoms. The Bertz CT molecular complexity index is 671. The van der Waals surface area contributed by atoms with E-state index in [9.17, 15) is 8.78 Å². The van der Waals surface area contributed by atoms with Gasteiger partial charge in [0, 0.05) is 5.39 Å². The van der Waals surface area contributed by atoms with Crippen LogP contribution in [0.5, 0.6) is 0 Å². The summed E-state index contributed by atoms with van der Waals surface area (Å²) in [7, 11) is 0. The predicted octanol–water partition coefficient (Wildman–Crippen LogP) is 5.04. The summed E-state index contributed by atoms with van der Waals surface area (Å²) < 4.78 is 30.4. The number of hydrogen-bond acceptors (Lipinski definition) is 1. The van der Waals surface area contributed by atoms with Crippen LogP contribution in [0.25, 0.3) is 22.1 Å². The van der Waals surface area contributed by atoms with Crippen LogP contribution in [0, 0.1) is 0 Å². The van der Waals surface area contributed by atoms with E-state index in [1.807, 2.05) is 42.5 Å². The maximum absolute atomic E-state index is 12.6. The van der Waals surface area contributed by atoms with Crippen LogP contribution in [0.3, 0.4) is 0 Å². The zero-order valence-electron chi connectivity index (χ0n) is 9.44. The Hall–Kier alpha value is -2.16. The summed E-state index contributed by atoms with van der Waals surface area (Å²) in [6, 6.07) is 16.5. The number of fused-ring (bicyclic) bond motifs is 1. The Morgan fingerprint density at radius 2 is 1.67 bits per heavy atom. The topological polar surface area (TPSA) is 13.1 Å². The largest absolute Gasteiger partial charge is 0.455 e. The number of alkyl halides is 2. The SMILES string of the molecule is FC(F)c1cc2c(-c3ccccc3)cccc2o1. The van der Waals surface area contributed by atoms with Crippen LogP contribution in [0.2, 0.25) is 0 Å². The lowest BCUT2D eigenvalue weighted by Crippen LogP contribution is -1.77. The summed E-state index contributed by atoms with van der Waals surface area (Å²) >= 11 is 0. The number of benzene rings is 2. The smallest absolute Gasteiger partial charge is 0.295 e. The maximum Gasteiger partial charge on any atom is 0.295 e. The van der Waals surface area contributed by atoms with Gasteiger partial charge in [-0.25, -0.2) is 8.78 Å². The van der Waals surface area contributed by atoms with Crippen LogP contribution in [-0.4, -0.2) is 0 Å². The van der Waals surface area contributed by atoms with Crippen molar-refractivity contribution in [3.05, 3.63) is 60.4 Å². The van der Waals surface area contributed by atoms with Gasteiger partial charge in [-0.05, 0) is 23.3 Å². The fourth-order valence-electron chi connectivity index (χ4n) is 2.06. The first-order chi connectivity index (χ1) is 8.75. The number of furan rings is 1. The summed E-state index contributed by atoms with van der Waals surface area (Å²) in [5.74, 6) is -0.284. The maximum atomic E-state index is 12.6. The first-order valence-electron chi connectivity index (χ1n) is 5.62. The van der Waals surface area contributed by atoms with Gasteiger partial charge in [-0.1, -0.05) is 42.5 Å². The molecule has 2 aromatic carbocycles. The van der Waals surface area contributed by atoms with E-state index in [1.165, 1.54) is 6.07 Å². The van der Waals surface area contributed by atoms with Crippen molar-refractivity contribution in [1.82, 2.24) is 0 Å². The molecule has 0 saturated carbocycles. The van der Waals surface area contributed by atoms with Gasteiger partial charge in [-0.3, -0.25) is 0 Å². The first kappa shape index (κ1) is 11.0. The summed E-state index contributed by atoms with van der Waals surface area (Å²) in [4.78, 5) is 0. The molecular weight excluding hydrogens is 234 g/mol. The van der Waals surface area contributed by atoms with E-state index in [0.717, 1.165) is 16.5 Å². The van der Waals surface area contributed by atoms with Crippen molar-refractivity contribution in [2.24, 2.45) is 0 Å². The van der Waals surface area contributed by atoms with E-state index in [2.05, 4.69) is 0 Å². The first-order valence-corrected chi connectivity index (χ1v) is 5.62. The van der Waals surface area contributed by atoms with Gasteiger partial charge >= 0.3 is 0 Å².